The molecule has 0 unspecified atom stereocenters. The summed E-state index contributed by atoms with van der Waals surface area (Å²) in [7, 11) is 1.53. The first-order valence-corrected chi connectivity index (χ1v) is 9.66. The average molecular weight is 384 g/mol. The van der Waals surface area contributed by atoms with Crippen LogP contribution in [0.4, 0.5) is 4.39 Å². The molecule has 28 heavy (non-hydrogen) atoms. The molecule has 0 heterocycles. The predicted molar refractivity (Wildman–Crippen MR) is 109 cm³/mol. The number of carbonyl (C=O) groups excluding carboxylic acids is 2. The standard InChI is InChI=1S/C23H29FN2O2/c1-16(2)19-12-9-18(10-13-19)11-14-22(27)26(17(3)23(28)25-4)15-20-7-5-6-8-21(20)24/h5-10,12-13,16-17H,11,14-15H2,1-4H3,(H,25,28)/t17-/m0/s1. The number of rotatable bonds is 8. The highest BCUT2D eigenvalue weighted by molar-refractivity contribution is 5.87. The first-order valence-electron chi connectivity index (χ1n) is 9.66. The fourth-order valence-electron chi connectivity index (χ4n) is 3.07. The Bertz CT molecular complexity index is 803. The third-order valence-corrected chi connectivity index (χ3v) is 4.99. The molecule has 1 N–H and O–H groups in total. The van der Waals surface area contributed by atoms with Crippen LogP contribution in [-0.4, -0.2) is 29.8 Å². The van der Waals surface area contributed by atoms with Crippen molar-refractivity contribution in [3.8, 4) is 0 Å². The van der Waals surface area contributed by atoms with E-state index in [4.69, 9.17) is 0 Å². The molecule has 1 atom stereocenters. The molecule has 0 spiro atoms. The highest BCUT2D eigenvalue weighted by atomic mass is 19.1. The van der Waals surface area contributed by atoms with E-state index in [0.29, 0.717) is 17.9 Å². The summed E-state index contributed by atoms with van der Waals surface area (Å²) in [5.74, 6) is -0.368. The Balaban J connectivity index is 2.11. The van der Waals surface area contributed by atoms with Crippen LogP contribution in [0.1, 0.15) is 49.8 Å². The quantitative estimate of drug-likeness (QED) is 0.747. The van der Waals surface area contributed by atoms with Gasteiger partial charge in [-0.2, -0.15) is 0 Å². The van der Waals surface area contributed by atoms with Crippen molar-refractivity contribution in [1.29, 1.82) is 0 Å². The summed E-state index contributed by atoms with van der Waals surface area (Å²) in [6.45, 7) is 6.00. The fraction of sp³-hybridized carbons (Fsp3) is 0.391. The molecule has 2 aromatic rings. The second kappa shape index (κ2) is 10.0. The smallest absolute Gasteiger partial charge is 0.242 e. The van der Waals surface area contributed by atoms with Gasteiger partial charge in [0.25, 0.3) is 0 Å². The maximum atomic E-state index is 14.1. The van der Waals surface area contributed by atoms with E-state index in [0.717, 1.165) is 5.56 Å². The van der Waals surface area contributed by atoms with Crippen LogP contribution in [-0.2, 0) is 22.6 Å². The summed E-state index contributed by atoms with van der Waals surface area (Å²) in [6, 6.07) is 13.9. The van der Waals surface area contributed by atoms with E-state index >= 15 is 0 Å². The summed E-state index contributed by atoms with van der Waals surface area (Å²) in [5, 5.41) is 2.56. The van der Waals surface area contributed by atoms with E-state index in [9.17, 15) is 14.0 Å². The van der Waals surface area contributed by atoms with Gasteiger partial charge in [0, 0.05) is 25.6 Å². The summed E-state index contributed by atoms with van der Waals surface area (Å²) in [6.07, 6.45) is 0.836. The lowest BCUT2D eigenvalue weighted by Crippen LogP contribution is -2.46. The summed E-state index contributed by atoms with van der Waals surface area (Å²) >= 11 is 0. The molecule has 0 saturated heterocycles. The van der Waals surface area contributed by atoms with Crippen LogP contribution in [0.3, 0.4) is 0 Å². The Hall–Kier alpha value is -2.69. The largest absolute Gasteiger partial charge is 0.357 e. The van der Waals surface area contributed by atoms with Crippen LogP contribution in [0.2, 0.25) is 0 Å². The Morgan fingerprint density at radius 1 is 1.04 bits per heavy atom. The molecule has 150 valence electrons. The number of carbonyl (C=O) groups is 2. The van der Waals surface area contributed by atoms with Crippen LogP contribution >= 0.6 is 0 Å². The number of nitrogens with one attached hydrogen (secondary N) is 1. The topological polar surface area (TPSA) is 49.4 Å². The van der Waals surface area contributed by atoms with E-state index in [1.807, 2.05) is 12.1 Å². The van der Waals surface area contributed by atoms with Crippen LogP contribution < -0.4 is 5.32 Å². The van der Waals surface area contributed by atoms with Gasteiger partial charge in [-0.1, -0.05) is 56.3 Å². The van der Waals surface area contributed by atoms with Crippen LogP contribution in [0.5, 0.6) is 0 Å². The first kappa shape index (κ1) is 21.6. The molecule has 0 radical (unpaired) electrons. The Kier molecular flexibility index (Phi) is 7.73. The van der Waals surface area contributed by atoms with Crippen molar-refractivity contribution >= 4 is 11.8 Å². The van der Waals surface area contributed by atoms with E-state index in [1.165, 1.54) is 23.6 Å². The number of amides is 2. The fourth-order valence-corrected chi connectivity index (χ4v) is 3.07. The third-order valence-electron chi connectivity index (χ3n) is 4.99. The predicted octanol–water partition coefficient (Wildman–Crippen LogP) is 4.05. The second-order valence-electron chi connectivity index (χ2n) is 7.30. The molecule has 2 amide bonds. The second-order valence-corrected chi connectivity index (χ2v) is 7.30. The SMILES string of the molecule is CNC(=O)[C@H](C)N(Cc1ccccc1F)C(=O)CCc1ccc(C(C)C)cc1. The van der Waals surface area contributed by atoms with Crippen LogP contribution in [0, 0.1) is 5.82 Å². The lowest BCUT2D eigenvalue weighted by Gasteiger charge is -2.28. The van der Waals surface area contributed by atoms with Crippen LogP contribution in [0.15, 0.2) is 48.5 Å². The van der Waals surface area contributed by atoms with E-state index in [1.54, 1.807) is 25.1 Å². The van der Waals surface area contributed by atoms with Crippen molar-refractivity contribution in [1.82, 2.24) is 10.2 Å². The van der Waals surface area contributed by atoms with Gasteiger partial charge in [-0.05, 0) is 36.5 Å². The van der Waals surface area contributed by atoms with Gasteiger partial charge in [0.2, 0.25) is 11.8 Å². The van der Waals surface area contributed by atoms with Crippen molar-refractivity contribution < 1.29 is 14.0 Å². The molecule has 0 aliphatic rings. The van der Waals surface area contributed by atoms with Gasteiger partial charge in [-0.3, -0.25) is 9.59 Å². The first-order chi connectivity index (χ1) is 13.3. The number of nitrogens with zero attached hydrogens (tertiary/aromatic N) is 1. The van der Waals surface area contributed by atoms with Gasteiger partial charge in [0.15, 0.2) is 0 Å². The minimum Gasteiger partial charge on any atom is -0.357 e. The molecule has 0 saturated carbocycles. The highest BCUT2D eigenvalue weighted by Gasteiger charge is 2.26. The molecule has 2 rings (SSSR count). The zero-order valence-electron chi connectivity index (χ0n) is 17.0. The van der Waals surface area contributed by atoms with Gasteiger partial charge in [-0.25, -0.2) is 4.39 Å². The van der Waals surface area contributed by atoms with Crippen molar-refractivity contribution in [2.45, 2.75) is 52.1 Å². The molecule has 2 aromatic carbocycles. The zero-order chi connectivity index (χ0) is 20.7. The Morgan fingerprint density at radius 3 is 2.25 bits per heavy atom. The number of benzene rings is 2. The van der Waals surface area contributed by atoms with E-state index in [2.05, 4.69) is 31.3 Å². The van der Waals surface area contributed by atoms with Crippen molar-refractivity contribution in [2.75, 3.05) is 7.05 Å². The Labute approximate surface area is 166 Å². The third kappa shape index (κ3) is 5.65. The normalized spacial score (nSPS) is 11.9. The van der Waals surface area contributed by atoms with Crippen molar-refractivity contribution in [3.05, 3.63) is 71.0 Å². The maximum Gasteiger partial charge on any atom is 0.242 e. The monoisotopic (exact) mass is 384 g/mol. The highest BCUT2D eigenvalue weighted by Crippen LogP contribution is 2.17. The minimum absolute atomic E-state index is 0.0619. The number of hydrogen-bond donors (Lipinski definition) is 1. The van der Waals surface area contributed by atoms with Gasteiger partial charge < -0.3 is 10.2 Å². The number of likely N-dealkylation sites (N-methyl/N-ethyl adjacent to an activating group) is 1. The molecule has 4 nitrogen and oxygen atoms in total. The molecule has 0 aromatic heterocycles. The van der Waals surface area contributed by atoms with Crippen molar-refractivity contribution in [3.63, 3.8) is 0 Å². The summed E-state index contributed by atoms with van der Waals surface area (Å²) < 4.78 is 14.1. The lowest BCUT2D eigenvalue weighted by atomic mass is 10.00. The zero-order valence-corrected chi connectivity index (χ0v) is 17.0. The molecule has 0 aliphatic heterocycles. The van der Waals surface area contributed by atoms with Gasteiger partial charge in [0.1, 0.15) is 11.9 Å². The van der Waals surface area contributed by atoms with Crippen LogP contribution in [0.25, 0.3) is 0 Å². The number of halogens is 1. The average Bonchev–Trinajstić information content (AvgIpc) is 2.70. The maximum absolute atomic E-state index is 14.1. The summed E-state index contributed by atoms with van der Waals surface area (Å²) in [4.78, 5) is 26.4. The van der Waals surface area contributed by atoms with E-state index in [-0.39, 0.29) is 30.6 Å². The molecular formula is C23H29FN2O2. The number of hydrogen-bond acceptors (Lipinski definition) is 2. The minimum atomic E-state index is -0.680. The molecule has 0 aliphatic carbocycles. The molecule has 0 bridgehead atoms. The van der Waals surface area contributed by atoms with E-state index < -0.39 is 6.04 Å². The van der Waals surface area contributed by atoms with Gasteiger partial charge >= 0.3 is 0 Å². The van der Waals surface area contributed by atoms with Gasteiger partial charge in [-0.15, -0.1) is 0 Å². The van der Waals surface area contributed by atoms with Gasteiger partial charge in [0.05, 0.1) is 0 Å². The Morgan fingerprint density at radius 2 is 1.68 bits per heavy atom. The summed E-state index contributed by atoms with van der Waals surface area (Å²) in [5.41, 5.74) is 2.72. The molecule has 5 heteroatoms. The van der Waals surface area contributed by atoms with Crippen molar-refractivity contribution in [2.24, 2.45) is 0 Å². The lowest BCUT2D eigenvalue weighted by molar-refractivity contribution is -0.140. The molecule has 0 fully saturated rings. The number of aryl methyl sites for hydroxylation is 1. The molecular weight excluding hydrogens is 355 g/mol.